The van der Waals surface area contributed by atoms with Crippen molar-refractivity contribution >= 4 is 38.8 Å². The van der Waals surface area contributed by atoms with Crippen molar-refractivity contribution < 1.29 is 22.0 Å². The number of amidine groups is 1. The second-order valence-corrected chi connectivity index (χ2v) is 13.3. The number of nitrogens with one attached hydrogen (secondary N) is 4. The third-order valence-corrected chi connectivity index (χ3v) is 7.93. The van der Waals surface area contributed by atoms with Crippen LogP contribution in [0.5, 0.6) is 0 Å². The lowest BCUT2D eigenvalue weighted by Crippen LogP contribution is -2.21. The molecule has 3 aromatic carbocycles. The van der Waals surface area contributed by atoms with Crippen molar-refractivity contribution in [2.24, 2.45) is 4.99 Å². The molecule has 0 saturated heterocycles. The molecule has 11 heteroatoms. The summed E-state index contributed by atoms with van der Waals surface area (Å²) in [4.78, 5) is 17.5. The van der Waals surface area contributed by atoms with Crippen LogP contribution < -0.4 is 21.3 Å². The minimum Gasteiger partial charge on any atom is -0.460 e. The van der Waals surface area contributed by atoms with Gasteiger partial charge in [-0.25, -0.2) is 22.6 Å². The Morgan fingerprint density at radius 2 is 1.70 bits per heavy atom. The van der Waals surface area contributed by atoms with E-state index < -0.39 is 21.7 Å². The van der Waals surface area contributed by atoms with Gasteiger partial charge in [-0.05, 0) is 79.9 Å². The summed E-state index contributed by atoms with van der Waals surface area (Å²) in [5.41, 5.74) is 5.09. The van der Waals surface area contributed by atoms with Gasteiger partial charge in [-0.15, -0.1) is 0 Å². The molecule has 4 rings (SSSR count). The Labute approximate surface area is 269 Å². The van der Waals surface area contributed by atoms with Crippen molar-refractivity contribution in [3.63, 3.8) is 0 Å². The molecule has 0 saturated carbocycles. The van der Waals surface area contributed by atoms with Crippen LogP contribution >= 0.6 is 0 Å². The Morgan fingerprint density at radius 1 is 0.935 bits per heavy atom. The fraction of sp³-hybridized carbons (Fsp3) is 0.257. The Bertz CT molecular complexity index is 1830. The maximum atomic E-state index is 13.7. The second kappa shape index (κ2) is 16.0. The highest BCUT2D eigenvalue weighted by atomic mass is 32.2. The SMILES string of the molecule is CCC/C=C/N=C(Nc1cccc(NC(=O)Nc2cc(F)ccc2C)c1)c1cc(-c2ccc(CNCCS(C)(=O)=O)o2)ccc1C. The van der Waals surface area contributed by atoms with E-state index in [-0.39, 0.29) is 5.75 Å². The first kappa shape index (κ1) is 34.1. The largest absolute Gasteiger partial charge is 0.460 e. The number of carbonyl (C=O) groups excluding carboxylic acids is 1. The number of urea groups is 1. The number of nitrogens with zero attached hydrogens (tertiary/aromatic N) is 1. The van der Waals surface area contributed by atoms with Crippen LogP contribution in [0.25, 0.3) is 11.3 Å². The highest BCUT2D eigenvalue weighted by molar-refractivity contribution is 7.90. The van der Waals surface area contributed by atoms with E-state index in [2.05, 4.69) is 28.2 Å². The zero-order valence-electron chi connectivity index (χ0n) is 26.5. The van der Waals surface area contributed by atoms with Crippen molar-refractivity contribution in [1.29, 1.82) is 0 Å². The number of aliphatic imine (C=N–C) groups is 1. The molecule has 0 spiro atoms. The summed E-state index contributed by atoms with van der Waals surface area (Å²) >= 11 is 0. The van der Waals surface area contributed by atoms with Gasteiger partial charge in [-0.1, -0.05) is 43.7 Å². The number of allylic oxidation sites excluding steroid dienone is 1. The second-order valence-electron chi connectivity index (χ2n) is 11.0. The first-order chi connectivity index (χ1) is 22.0. The summed E-state index contributed by atoms with van der Waals surface area (Å²) in [7, 11) is -3.04. The molecule has 1 aromatic heterocycles. The number of hydrogen-bond acceptors (Lipinski definition) is 6. The molecule has 0 aliphatic carbocycles. The molecular formula is C35H40FN5O4S. The number of benzene rings is 3. The molecule has 0 unspecified atom stereocenters. The number of hydrogen-bond donors (Lipinski definition) is 4. The maximum Gasteiger partial charge on any atom is 0.323 e. The average Bonchev–Trinajstić information content (AvgIpc) is 3.48. The van der Waals surface area contributed by atoms with Crippen molar-refractivity contribution in [2.45, 2.75) is 40.2 Å². The number of furan rings is 1. The fourth-order valence-corrected chi connectivity index (χ4v) is 5.01. The number of sulfone groups is 1. The quantitative estimate of drug-likeness (QED) is 0.0673. The predicted octanol–water partition coefficient (Wildman–Crippen LogP) is 7.65. The van der Waals surface area contributed by atoms with Gasteiger partial charge in [0.1, 0.15) is 33.0 Å². The first-order valence-electron chi connectivity index (χ1n) is 15.0. The standard InChI is InChI=1S/C35H40FN5O4S/c1-5-6-7-17-38-34(39-28-9-8-10-29(22-28)40-35(42)41-32-21-27(36)14-12-25(32)3)31-20-26(13-11-24(31)2)33-16-15-30(45-33)23-37-18-19-46(4,43)44/h7-17,20-22,37H,5-6,18-19,23H2,1-4H3,(H,38,39)(H2,40,41,42)/b17-7+. The minimum atomic E-state index is -3.04. The Morgan fingerprint density at radius 3 is 2.46 bits per heavy atom. The van der Waals surface area contributed by atoms with Crippen LogP contribution in [-0.2, 0) is 16.4 Å². The predicted molar refractivity (Wildman–Crippen MR) is 185 cm³/mol. The van der Waals surface area contributed by atoms with Gasteiger partial charge in [-0.2, -0.15) is 0 Å². The third-order valence-electron chi connectivity index (χ3n) is 6.98. The summed E-state index contributed by atoms with van der Waals surface area (Å²) in [5.74, 6) is 1.61. The fourth-order valence-electron chi connectivity index (χ4n) is 4.49. The van der Waals surface area contributed by atoms with Gasteiger partial charge >= 0.3 is 6.03 Å². The molecule has 2 amide bonds. The molecule has 0 aliphatic heterocycles. The van der Waals surface area contributed by atoms with Crippen LogP contribution in [0.15, 0.2) is 94.5 Å². The lowest BCUT2D eigenvalue weighted by atomic mass is 10.0. The third kappa shape index (κ3) is 10.4. The molecule has 4 aromatic rings. The van der Waals surface area contributed by atoms with Gasteiger partial charge in [-0.3, -0.25) is 0 Å². The van der Waals surface area contributed by atoms with E-state index in [0.717, 1.165) is 35.1 Å². The van der Waals surface area contributed by atoms with E-state index in [0.29, 0.717) is 47.5 Å². The summed E-state index contributed by atoms with van der Waals surface area (Å²) in [6, 6.07) is 20.7. The van der Waals surface area contributed by atoms with E-state index in [9.17, 15) is 17.6 Å². The van der Waals surface area contributed by atoms with E-state index in [1.807, 2.05) is 55.5 Å². The zero-order chi connectivity index (χ0) is 33.1. The van der Waals surface area contributed by atoms with Crippen molar-refractivity contribution in [3.8, 4) is 11.3 Å². The molecule has 0 atom stereocenters. The van der Waals surface area contributed by atoms with Gasteiger partial charge in [0, 0.05) is 47.2 Å². The van der Waals surface area contributed by atoms with Crippen LogP contribution in [0.2, 0.25) is 0 Å². The normalized spacial score (nSPS) is 12.0. The number of carbonyl (C=O) groups is 1. The number of anilines is 3. The van der Waals surface area contributed by atoms with E-state index in [1.54, 1.807) is 31.3 Å². The van der Waals surface area contributed by atoms with Crippen molar-refractivity contribution in [1.82, 2.24) is 5.32 Å². The van der Waals surface area contributed by atoms with Crippen LogP contribution in [0.3, 0.4) is 0 Å². The molecule has 4 N–H and O–H groups in total. The summed E-state index contributed by atoms with van der Waals surface area (Å²) < 4.78 is 42.5. The number of aryl methyl sites for hydroxylation is 2. The Kier molecular flexibility index (Phi) is 11.9. The van der Waals surface area contributed by atoms with Crippen molar-refractivity contribution in [3.05, 3.63) is 113 Å². The van der Waals surface area contributed by atoms with Gasteiger partial charge in [0.15, 0.2) is 0 Å². The smallest absolute Gasteiger partial charge is 0.323 e. The van der Waals surface area contributed by atoms with E-state index >= 15 is 0 Å². The minimum absolute atomic E-state index is 0.0600. The highest BCUT2D eigenvalue weighted by Crippen LogP contribution is 2.26. The highest BCUT2D eigenvalue weighted by Gasteiger charge is 2.13. The number of amides is 2. The number of halogens is 1. The van der Waals surface area contributed by atoms with Gasteiger partial charge in [0.25, 0.3) is 0 Å². The Hall–Kier alpha value is -4.74. The molecular weight excluding hydrogens is 605 g/mol. The summed E-state index contributed by atoms with van der Waals surface area (Å²) in [6.45, 7) is 6.65. The van der Waals surface area contributed by atoms with Gasteiger partial charge < -0.3 is 25.7 Å². The van der Waals surface area contributed by atoms with Gasteiger partial charge in [0.2, 0.25) is 0 Å². The molecule has 0 bridgehead atoms. The summed E-state index contributed by atoms with van der Waals surface area (Å²) in [5, 5.41) is 12.0. The van der Waals surface area contributed by atoms with Crippen molar-refractivity contribution in [2.75, 3.05) is 34.5 Å². The first-order valence-corrected chi connectivity index (χ1v) is 17.1. The van der Waals surface area contributed by atoms with Crippen LogP contribution in [0.4, 0.5) is 26.2 Å². The molecule has 0 fully saturated rings. The number of unbranched alkanes of at least 4 members (excludes halogenated alkanes) is 1. The monoisotopic (exact) mass is 645 g/mol. The molecule has 1 heterocycles. The topological polar surface area (TPSA) is 125 Å². The molecule has 46 heavy (non-hydrogen) atoms. The van der Waals surface area contributed by atoms with Crippen LogP contribution in [-0.4, -0.2) is 38.8 Å². The summed E-state index contributed by atoms with van der Waals surface area (Å²) in [6.07, 6.45) is 6.89. The molecule has 0 aliphatic rings. The molecule has 242 valence electrons. The lowest BCUT2D eigenvalue weighted by Gasteiger charge is -2.15. The van der Waals surface area contributed by atoms with Crippen LogP contribution in [0, 0.1) is 19.7 Å². The molecule has 9 nitrogen and oxygen atoms in total. The molecule has 0 radical (unpaired) electrons. The number of rotatable bonds is 13. The van der Waals surface area contributed by atoms with Gasteiger partial charge in [0.05, 0.1) is 12.3 Å². The van der Waals surface area contributed by atoms with Crippen LogP contribution in [0.1, 0.15) is 42.2 Å². The lowest BCUT2D eigenvalue weighted by molar-refractivity contribution is 0.262. The van der Waals surface area contributed by atoms with E-state index in [1.165, 1.54) is 18.4 Å². The van der Waals surface area contributed by atoms with E-state index in [4.69, 9.17) is 9.41 Å². The Balaban J connectivity index is 1.53. The average molecular weight is 646 g/mol. The maximum absolute atomic E-state index is 13.7. The zero-order valence-corrected chi connectivity index (χ0v) is 27.3.